The molecule has 2 aliphatic heterocycles. The van der Waals surface area contributed by atoms with Crippen molar-refractivity contribution in [2.45, 2.75) is 38.2 Å². The van der Waals surface area contributed by atoms with Crippen molar-refractivity contribution in [1.82, 2.24) is 0 Å². The molecule has 0 saturated carbocycles. The van der Waals surface area contributed by atoms with E-state index in [2.05, 4.69) is 0 Å². The molecule has 27 heavy (non-hydrogen) atoms. The maximum atomic E-state index is 12.5. The van der Waals surface area contributed by atoms with Crippen LogP contribution in [0, 0.1) is 0 Å². The van der Waals surface area contributed by atoms with Crippen molar-refractivity contribution in [3.8, 4) is 5.75 Å². The maximum absolute atomic E-state index is 12.5. The fourth-order valence-electron chi connectivity index (χ4n) is 3.23. The first-order valence-electron chi connectivity index (χ1n) is 8.46. The van der Waals surface area contributed by atoms with E-state index in [9.17, 15) is 14.4 Å². The van der Waals surface area contributed by atoms with Crippen LogP contribution in [0.25, 0.3) is 0 Å². The normalized spacial score (nSPS) is 26.8. The SMILES string of the molecule is COc1ccc(N2C(=O)O[C@H]3[C@H](OC(C)=O)[C@@H](COC(C)=O)OC[C@H]32)cc1. The van der Waals surface area contributed by atoms with E-state index in [1.807, 2.05) is 0 Å². The van der Waals surface area contributed by atoms with Gasteiger partial charge in [0.25, 0.3) is 0 Å². The fourth-order valence-corrected chi connectivity index (χ4v) is 3.23. The highest BCUT2D eigenvalue weighted by Gasteiger charge is 2.54. The number of rotatable bonds is 5. The summed E-state index contributed by atoms with van der Waals surface area (Å²) in [5.41, 5.74) is 0.608. The van der Waals surface area contributed by atoms with Crippen LogP contribution in [0.5, 0.6) is 5.75 Å². The number of hydrogen-bond acceptors (Lipinski definition) is 8. The number of carbonyl (C=O) groups excluding carboxylic acids is 3. The summed E-state index contributed by atoms with van der Waals surface area (Å²) in [5.74, 6) is -0.372. The van der Waals surface area contributed by atoms with Crippen molar-refractivity contribution >= 4 is 23.7 Å². The number of ether oxygens (including phenoxy) is 5. The standard InChI is InChI=1S/C18H21NO8/c1-10(20)24-9-15-17(26-11(2)21)16-14(8-25-15)19(18(22)27-16)12-4-6-13(23-3)7-5-12/h4-7,14-17H,8-9H2,1-3H3/t14-,15-,16-,17-/m1/s1. The van der Waals surface area contributed by atoms with E-state index >= 15 is 0 Å². The van der Waals surface area contributed by atoms with Crippen molar-refractivity contribution < 1.29 is 38.1 Å². The van der Waals surface area contributed by atoms with Crippen LogP contribution in [-0.2, 0) is 28.5 Å². The minimum Gasteiger partial charge on any atom is -0.497 e. The average Bonchev–Trinajstić information content (AvgIpc) is 2.97. The van der Waals surface area contributed by atoms with Crippen LogP contribution in [-0.4, -0.2) is 62.7 Å². The Morgan fingerprint density at radius 3 is 2.48 bits per heavy atom. The Morgan fingerprint density at radius 2 is 1.89 bits per heavy atom. The van der Waals surface area contributed by atoms with Crippen LogP contribution in [0.15, 0.2) is 24.3 Å². The summed E-state index contributed by atoms with van der Waals surface area (Å²) in [6, 6.07) is 6.44. The van der Waals surface area contributed by atoms with Crippen molar-refractivity contribution in [2.24, 2.45) is 0 Å². The van der Waals surface area contributed by atoms with Gasteiger partial charge in [0, 0.05) is 19.5 Å². The zero-order valence-electron chi connectivity index (χ0n) is 15.2. The summed E-state index contributed by atoms with van der Waals surface area (Å²) in [6.07, 6.45) is -2.91. The molecular weight excluding hydrogens is 358 g/mol. The van der Waals surface area contributed by atoms with Gasteiger partial charge < -0.3 is 23.7 Å². The molecule has 1 aromatic carbocycles. The third-order valence-electron chi connectivity index (χ3n) is 4.42. The first-order chi connectivity index (χ1) is 12.9. The van der Waals surface area contributed by atoms with Gasteiger partial charge in [-0.15, -0.1) is 0 Å². The van der Waals surface area contributed by atoms with Crippen molar-refractivity contribution in [1.29, 1.82) is 0 Å². The van der Waals surface area contributed by atoms with E-state index in [0.29, 0.717) is 11.4 Å². The van der Waals surface area contributed by atoms with Gasteiger partial charge in [0.05, 0.1) is 13.7 Å². The van der Waals surface area contributed by atoms with Crippen LogP contribution in [0.4, 0.5) is 10.5 Å². The maximum Gasteiger partial charge on any atom is 0.415 e. The zero-order chi connectivity index (χ0) is 19.6. The Kier molecular flexibility index (Phi) is 5.50. The van der Waals surface area contributed by atoms with Gasteiger partial charge in [0.1, 0.15) is 24.5 Å². The first-order valence-corrected chi connectivity index (χ1v) is 8.46. The molecule has 4 atom stereocenters. The molecule has 0 N–H and O–H groups in total. The van der Waals surface area contributed by atoms with Gasteiger partial charge in [-0.05, 0) is 24.3 Å². The highest BCUT2D eigenvalue weighted by atomic mass is 16.6. The Morgan fingerprint density at radius 1 is 1.19 bits per heavy atom. The minimum absolute atomic E-state index is 0.101. The quantitative estimate of drug-likeness (QED) is 0.557. The molecule has 2 fully saturated rings. The number of hydrogen-bond donors (Lipinski definition) is 0. The van der Waals surface area contributed by atoms with Crippen LogP contribution in [0.3, 0.4) is 0 Å². The van der Waals surface area contributed by atoms with Crippen LogP contribution in [0.1, 0.15) is 13.8 Å². The summed E-state index contributed by atoms with van der Waals surface area (Å²) in [7, 11) is 1.55. The molecule has 0 bridgehead atoms. The molecule has 9 nitrogen and oxygen atoms in total. The zero-order valence-corrected chi connectivity index (χ0v) is 15.2. The van der Waals surface area contributed by atoms with Gasteiger partial charge >= 0.3 is 18.0 Å². The molecule has 0 spiro atoms. The molecule has 2 saturated heterocycles. The van der Waals surface area contributed by atoms with Crippen LogP contribution in [0.2, 0.25) is 0 Å². The predicted octanol–water partition coefficient (Wildman–Crippen LogP) is 1.28. The summed E-state index contributed by atoms with van der Waals surface area (Å²) in [6.45, 7) is 2.57. The second kappa shape index (κ2) is 7.83. The number of benzene rings is 1. The Hall–Kier alpha value is -2.81. The lowest BCUT2D eigenvalue weighted by Crippen LogP contribution is -2.57. The predicted molar refractivity (Wildman–Crippen MR) is 91.5 cm³/mol. The number of anilines is 1. The van der Waals surface area contributed by atoms with E-state index in [4.69, 9.17) is 23.7 Å². The van der Waals surface area contributed by atoms with Crippen molar-refractivity contribution in [3.05, 3.63) is 24.3 Å². The summed E-state index contributed by atoms with van der Waals surface area (Å²) < 4.78 is 26.7. The topological polar surface area (TPSA) is 101 Å². The Bertz CT molecular complexity index is 719. The summed E-state index contributed by atoms with van der Waals surface area (Å²) in [4.78, 5) is 36.6. The molecule has 3 rings (SSSR count). The van der Waals surface area contributed by atoms with Gasteiger partial charge in [-0.25, -0.2) is 4.79 Å². The van der Waals surface area contributed by atoms with Crippen LogP contribution < -0.4 is 9.64 Å². The second-order valence-corrected chi connectivity index (χ2v) is 6.23. The van der Waals surface area contributed by atoms with Gasteiger partial charge in [-0.2, -0.15) is 0 Å². The summed E-state index contributed by atoms with van der Waals surface area (Å²) in [5, 5.41) is 0. The molecule has 9 heteroatoms. The summed E-state index contributed by atoms with van der Waals surface area (Å²) >= 11 is 0. The Balaban J connectivity index is 1.82. The molecule has 1 aromatic rings. The number of methoxy groups -OCH3 is 1. The smallest absolute Gasteiger partial charge is 0.415 e. The van der Waals surface area contributed by atoms with E-state index < -0.39 is 42.4 Å². The van der Waals surface area contributed by atoms with Gasteiger partial charge in [-0.3, -0.25) is 14.5 Å². The number of nitrogens with zero attached hydrogens (tertiary/aromatic N) is 1. The molecule has 0 unspecified atom stereocenters. The molecule has 2 aliphatic rings. The van der Waals surface area contributed by atoms with Crippen molar-refractivity contribution in [2.75, 3.05) is 25.2 Å². The number of carbonyl (C=O) groups is 3. The molecule has 0 aromatic heterocycles. The highest BCUT2D eigenvalue weighted by molar-refractivity contribution is 5.91. The molecule has 0 radical (unpaired) electrons. The van der Waals surface area contributed by atoms with Crippen molar-refractivity contribution in [3.63, 3.8) is 0 Å². The minimum atomic E-state index is -0.882. The van der Waals surface area contributed by atoms with E-state index in [1.165, 1.54) is 18.7 Å². The molecule has 0 aliphatic carbocycles. The highest BCUT2D eigenvalue weighted by Crippen LogP contribution is 2.35. The monoisotopic (exact) mass is 379 g/mol. The molecular formula is C18H21NO8. The van der Waals surface area contributed by atoms with E-state index in [1.54, 1.807) is 31.4 Å². The fraction of sp³-hybridized carbons (Fsp3) is 0.500. The lowest BCUT2D eigenvalue weighted by atomic mass is 9.97. The lowest BCUT2D eigenvalue weighted by Gasteiger charge is -2.38. The van der Waals surface area contributed by atoms with E-state index in [-0.39, 0.29) is 13.2 Å². The Labute approximate surface area is 156 Å². The molecule has 1 amide bonds. The van der Waals surface area contributed by atoms with Crippen LogP contribution >= 0.6 is 0 Å². The largest absolute Gasteiger partial charge is 0.497 e. The molecule has 146 valence electrons. The average molecular weight is 379 g/mol. The number of fused-ring (bicyclic) bond motifs is 1. The first kappa shape index (κ1) is 19.0. The molecule has 2 heterocycles. The lowest BCUT2D eigenvalue weighted by molar-refractivity contribution is -0.187. The third kappa shape index (κ3) is 3.97. The second-order valence-electron chi connectivity index (χ2n) is 6.23. The third-order valence-corrected chi connectivity index (χ3v) is 4.42. The van der Waals surface area contributed by atoms with Gasteiger partial charge in [0.15, 0.2) is 12.2 Å². The number of amides is 1. The number of esters is 2. The van der Waals surface area contributed by atoms with Gasteiger partial charge in [0.2, 0.25) is 0 Å². The van der Waals surface area contributed by atoms with Gasteiger partial charge in [-0.1, -0.05) is 0 Å². The van der Waals surface area contributed by atoms with E-state index in [0.717, 1.165) is 0 Å².